The highest BCUT2D eigenvalue weighted by Gasteiger charge is 2.41. The maximum Gasteiger partial charge on any atom is 0.391 e. The summed E-state index contributed by atoms with van der Waals surface area (Å²) in [5, 5.41) is 9.75. The fraction of sp³-hybridized carbons (Fsp3) is 0.545. The van der Waals surface area contributed by atoms with Crippen LogP contribution in [0.1, 0.15) is 68.8 Å². The van der Waals surface area contributed by atoms with Crippen molar-refractivity contribution >= 4 is 74.2 Å². The number of carbonyl (C=O) groups excluding carboxylic acids is 2. The Hall–Kier alpha value is -3.03. The lowest BCUT2D eigenvalue weighted by atomic mass is 9.85. The number of hydrogen-bond acceptors (Lipinski definition) is 6. The summed E-state index contributed by atoms with van der Waals surface area (Å²) in [6.45, 7) is 5.65. The molecule has 1 saturated heterocycles. The Kier molecular flexibility index (Phi) is 10.6. The zero-order chi connectivity index (χ0) is 35.1. The van der Waals surface area contributed by atoms with Gasteiger partial charge in [0.1, 0.15) is 0 Å². The second-order valence-electron chi connectivity index (χ2n) is 13.7. The maximum atomic E-state index is 13.8. The number of nitrogens with zero attached hydrogens (tertiary/aromatic N) is 3. The maximum absolute atomic E-state index is 13.8. The molecule has 1 aromatic heterocycles. The number of hydrogen-bond donors (Lipinski definition) is 3. The van der Waals surface area contributed by atoms with Gasteiger partial charge in [-0.15, -0.1) is 0 Å². The summed E-state index contributed by atoms with van der Waals surface area (Å²) in [6, 6.07) is 6.52. The molecule has 0 radical (unpaired) electrons. The number of rotatable bonds is 8. The molecule has 262 valence electrons. The van der Waals surface area contributed by atoms with Gasteiger partial charge in [0.2, 0.25) is 11.9 Å². The van der Waals surface area contributed by atoms with Crippen molar-refractivity contribution in [2.24, 2.45) is 18.4 Å². The lowest BCUT2D eigenvalue weighted by Crippen LogP contribution is -2.41. The summed E-state index contributed by atoms with van der Waals surface area (Å²) in [5.74, 6) is -0.443. The Morgan fingerprint density at radius 2 is 1.77 bits per heavy atom. The number of anilines is 3. The molecule has 9 nitrogen and oxygen atoms in total. The highest BCUT2D eigenvalue weighted by Crippen LogP contribution is 2.39. The van der Waals surface area contributed by atoms with E-state index in [1.54, 1.807) is 29.8 Å². The third-order valence-electron chi connectivity index (χ3n) is 9.28. The molecule has 1 saturated carbocycles. The Morgan fingerprint density at radius 1 is 1.08 bits per heavy atom. The van der Waals surface area contributed by atoms with Gasteiger partial charge < -0.3 is 25.4 Å². The van der Waals surface area contributed by atoms with E-state index in [4.69, 9.17) is 28.2 Å². The third kappa shape index (κ3) is 7.89. The molecule has 5 rings (SSSR count). The first-order chi connectivity index (χ1) is 22.4. The normalized spacial score (nSPS) is 21.7. The van der Waals surface area contributed by atoms with Gasteiger partial charge in [-0.2, -0.15) is 13.2 Å². The molecule has 2 fully saturated rings. The van der Waals surface area contributed by atoms with Gasteiger partial charge in [0.05, 0.1) is 43.9 Å². The highest BCUT2D eigenvalue weighted by molar-refractivity contribution is 7.85. The van der Waals surface area contributed by atoms with E-state index < -0.39 is 34.2 Å². The van der Waals surface area contributed by atoms with Crippen molar-refractivity contribution in [1.29, 1.82) is 0 Å². The van der Waals surface area contributed by atoms with Gasteiger partial charge in [-0.05, 0) is 55.9 Å². The third-order valence-corrected chi connectivity index (χ3v) is 11.5. The van der Waals surface area contributed by atoms with E-state index in [0.717, 1.165) is 0 Å². The minimum absolute atomic E-state index is 0.0291. The molecule has 3 aromatic rings. The van der Waals surface area contributed by atoms with Crippen LogP contribution in [0.4, 0.5) is 30.5 Å². The van der Waals surface area contributed by atoms with Gasteiger partial charge in [-0.3, -0.25) is 13.8 Å². The van der Waals surface area contributed by atoms with E-state index in [1.165, 1.54) is 0 Å². The molecule has 2 amide bonds. The molecule has 0 spiro atoms. The van der Waals surface area contributed by atoms with Crippen molar-refractivity contribution < 1.29 is 27.0 Å². The van der Waals surface area contributed by atoms with E-state index in [1.807, 2.05) is 38.8 Å². The minimum atomic E-state index is -4.24. The van der Waals surface area contributed by atoms with Crippen LogP contribution >= 0.6 is 23.2 Å². The molecule has 48 heavy (non-hydrogen) atoms. The van der Waals surface area contributed by atoms with E-state index in [-0.39, 0.29) is 50.2 Å². The van der Waals surface area contributed by atoms with E-state index in [9.17, 15) is 27.0 Å². The molecular weight excluding hydrogens is 688 g/mol. The predicted molar refractivity (Wildman–Crippen MR) is 186 cm³/mol. The summed E-state index contributed by atoms with van der Waals surface area (Å²) in [7, 11) is 2.71. The molecule has 15 heteroatoms. The second kappa shape index (κ2) is 14.1. The van der Waals surface area contributed by atoms with E-state index in [0.29, 0.717) is 67.5 Å². The standard InChI is InChI=1S/C33H41Cl2F3N6O3S/c1-32(2,3)30(46)39-16-18-6-11-23(34)28(27(18)35)42-31-41-24-14-22(29(45)40-20-9-7-19(8-10-20)33(36,37)38)25(15-26(24)44(31)5)43(4)21-12-13-48(47)17-21/h6,11,14-15,19-21H,7-10,12-13,16-17H2,1-5H3,(H,39,46)(H,40,45)(H,41,42). The smallest absolute Gasteiger partial charge is 0.370 e. The minimum Gasteiger partial charge on any atom is -0.370 e. The first kappa shape index (κ1) is 36.3. The van der Waals surface area contributed by atoms with Crippen LogP contribution in [0.25, 0.3) is 11.0 Å². The molecule has 2 unspecified atom stereocenters. The first-order valence-electron chi connectivity index (χ1n) is 15.9. The van der Waals surface area contributed by atoms with Gasteiger partial charge >= 0.3 is 6.18 Å². The Labute approximate surface area is 290 Å². The molecular formula is C33H41Cl2F3N6O3S. The zero-order valence-electron chi connectivity index (χ0n) is 27.6. The molecule has 2 atom stereocenters. The number of fused-ring (bicyclic) bond motifs is 1. The van der Waals surface area contributed by atoms with Gasteiger partial charge in [-0.1, -0.05) is 50.0 Å². The summed E-state index contributed by atoms with van der Waals surface area (Å²) in [5.41, 5.74) is 2.61. The monoisotopic (exact) mass is 728 g/mol. The van der Waals surface area contributed by atoms with Crippen LogP contribution < -0.4 is 20.9 Å². The molecule has 0 bridgehead atoms. The number of aromatic nitrogens is 2. The largest absolute Gasteiger partial charge is 0.391 e. The molecule has 3 N–H and O–H groups in total. The SMILES string of the molecule is CN(c1cc2c(cc1C(=O)NC1CCC(C(F)(F)F)CC1)nc(Nc1c(Cl)ccc(CNC(=O)C(C)(C)C)c1Cl)n2C)C1CCS(=O)C1. The average Bonchev–Trinajstić information content (AvgIpc) is 3.59. The van der Waals surface area contributed by atoms with Crippen molar-refractivity contribution in [3.63, 3.8) is 0 Å². The molecule has 2 aliphatic rings. The van der Waals surface area contributed by atoms with Gasteiger partial charge in [0.15, 0.2) is 0 Å². The van der Waals surface area contributed by atoms with Crippen molar-refractivity contribution in [2.75, 3.05) is 28.8 Å². The molecule has 1 aliphatic carbocycles. The average molecular weight is 730 g/mol. The zero-order valence-corrected chi connectivity index (χ0v) is 29.9. The molecule has 1 aliphatic heterocycles. The van der Waals surface area contributed by atoms with Crippen molar-refractivity contribution in [1.82, 2.24) is 20.2 Å². The van der Waals surface area contributed by atoms with Gasteiger partial charge in [-0.25, -0.2) is 4.98 Å². The van der Waals surface area contributed by atoms with Crippen molar-refractivity contribution in [3.05, 3.63) is 45.4 Å². The number of benzene rings is 2. The topological polar surface area (TPSA) is 108 Å². The number of nitrogens with one attached hydrogen (secondary N) is 3. The second-order valence-corrected chi connectivity index (χ2v) is 16.1. The Balaban J connectivity index is 1.45. The number of aryl methyl sites for hydroxylation is 1. The number of amides is 2. The van der Waals surface area contributed by atoms with Crippen LogP contribution in [-0.2, 0) is 29.2 Å². The number of alkyl halides is 3. The van der Waals surface area contributed by atoms with E-state index >= 15 is 0 Å². The Morgan fingerprint density at radius 3 is 2.38 bits per heavy atom. The predicted octanol–water partition coefficient (Wildman–Crippen LogP) is 7.09. The van der Waals surface area contributed by atoms with Crippen LogP contribution in [0.15, 0.2) is 24.3 Å². The van der Waals surface area contributed by atoms with Crippen LogP contribution in [0.2, 0.25) is 10.0 Å². The summed E-state index contributed by atoms with van der Waals surface area (Å²) in [4.78, 5) is 33.0. The lowest BCUT2D eigenvalue weighted by Gasteiger charge is -2.31. The highest BCUT2D eigenvalue weighted by atomic mass is 35.5. The molecule has 2 heterocycles. The number of imidazole rings is 1. The van der Waals surface area contributed by atoms with Crippen LogP contribution in [0.5, 0.6) is 0 Å². The van der Waals surface area contributed by atoms with Crippen molar-refractivity contribution in [2.45, 2.75) is 77.7 Å². The van der Waals surface area contributed by atoms with Crippen LogP contribution in [-0.4, -0.2) is 62.4 Å². The summed E-state index contributed by atoms with van der Waals surface area (Å²) >= 11 is 13.3. The summed E-state index contributed by atoms with van der Waals surface area (Å²) < 4.78 is 53.8. The van der Waals surface area contributed by atoms with Gasteiger partial charge in [0.25, 0.3) is 5.91 Å². The van der Waals surface area contributed by atoms with Crippen molar-refractivity contribution in [3.8, 4) is 0 Å². The van der Waals surface area contributed by atoms with E-state index in [2.05, 4.69) is 16.0 Å². The van der Waals surface area contributed by atoms with Gasteiger partial charge in [0, 0.05) is 60.4 Å². The summed E-state index contributed by atoms with van der Waals surface area (Å²) in [6.07, 6.45) is -3.12. The molecule has 2 aromatic carbocycles. The quantitative estimate of drug-likeness (QED) is 0.229. The number of carbonyl (C=O) groups is 2. The number of halogens is 5. The van der Waals surface area contributed by atoms with Crippen LogP contribution in [0, 0.1) is 11.3 Å². The first-order valence-corrected chi connectivity index (χ1v) is 18.2. The van der Waals surface area contributed by atoms with Crippen LogP contribution in [0.3, 0.4) is 0 Å². The Bertz CT molecular complexity index is 1730. The fourth-order valence-electron chi connectivity index (χ4n) is 6.19. The lowest BCUT2D eigenvalue weighted by molar-refractivity contribution is -0.182. The fourth-order valence-corrected chi connectivity index (χ4v) is 8.24.